The number of nitrogens with one attached hydrogen (secondary N) is 2. The summed E-state index contributed by atoms with van der Waals surface area (Å²) in [7, 11) is 1.75. The zero-order chi connectivity index (χ0) is 20.1. The first-order valence-electron chi connectivity index (χ1n) is 8.55. The third-order valence-electron chi connectivity index (χ3n) is 4.27. The van der Waals surface area contributed by atoms with E-state index in [1.54, 1.807) is 31.6 Å². The molecule has 0 aliphatic heterocycles. The SMILES string of the molecule is CNc1cccc(C(=O)Nc2cccc(C(F)(F)F)c2)c1Cc1ccncc1. The van der Waals surface area contributed by atoms with Gasteiger partial charge in [0.2, 0.25) is 0 Å². The molecule has 3 rings (SSSR count). The number of carbonyl (C=O) groups excluding carboxylic acids is 1. The van der Waals surface area contributed by atoms with Crippen LogP contribution in [0.25, 0.3) is 0 Å². The Kier molecular flexibility index (Phi) is 5.63. The number of hydrogen-bond acceptors (Lipinski definition) is 3. The Morgan fingerprint density at radius 3 is 2.43 bits per heavy atom. The number of alkyl halides is 3. The first kappa shape index (κ1) is 19.4. The van der Waals surface area contributed by atoms with Gasteiger partial charge in [-0.05, 0) is 53.6 Å². The molecule has 1 amide bonds. The van der Waals surface area contributed by atoms with Gasteiger partial charge in [-0.15, -0.1) is 0 Å². The Bertz CT molecular complexity index is 972. The van der Waals surface area contributed by atoms with Crippen LogP contribution in [0.2, 0.25) is 0 Å². The second-order valence-corrected chi connectivity index (χ2v) is 6.15. The third kappa shape index (κ3) is 4.49. The van der Waals surface area contributed by atoms with E-state index in [1.165, 1.54) is 12.1 Å². The zero-order valence-electron chi connectivity index (χ0n) is 15.0. The summed E-state index contributed by atoms with van der Waals surface area (Å²) in [5, 5.41) is 5.63. The Balaban J connectivity index is 1.92. The van der Waals surface area contributed by atoms with Crippen LogP contribution in [0.4, 0.5) is 24.5 Å². The maximum Gasteiger partial charge on any atom is 0.416 e. The number of hydrogen-bond donors (Lipinski definition) is 2. The van der Waals surface area contributed by atoms with Crippen molar-refractivity contribution in [1.82, 2.24) is 4.98 Å². The maximum atomic E-state index is 12.9. The van der Waals surface area contributed by atoms with Crippen molar-refractivity contribution in [3.8, 4) is 0 Å². The topological polar surface area (TPSA) is 54.0 Å². The van der Waals surface area contributed by atoms with Crippen molar-refractivity contribution in [3.05, 3.63) is 89.2 Å². The molecule has 0 spiro atoms. The average molecular weight is 385 g/mol. The van der Waals surface area contributed by atoms with Crippen molar-refractivity contribution >= 4 is 17.3 Å². The summed E-state index contributed by atoms with van der Waals surface area (Å²) in [4.78, 5) is 16.8. The molecule has 0 aliphatic carbocycles. The summed E-state index contributed by atoms with van der Waals surface area (Å²) < 4.78 is 38.7. The van der Waals surface area contributed by atoms with Gasteiger partial charge in [0, 0.05) is 42.8 Å². The van der Waals surface area contributed by atoms with E-state index in [2.05, 4.69) is 15.6 Å². The van der Waals surface area contributed by atoms with Crippen molar-refractivity contribution in [2.45, 2.75) is 12.6 Å². The van der Waals surface area contributed by atoms with Crippen molar-refractivity contribution in [2.75, 3.05) is 17.7 Å². The fourth-order valence-corrected chi connectivity index (χ4v) is 2.90. The molecular formula is C21H18F3N3O. The van der Waals surface area contributed by atoms with Gasteiger partial charge in [-0.25, -0.2) is 0 Å². The van der Waals surface area contributed by atoms with Crippen molar-refractivity contribution in [3.63, 3.8) is 0 Å². The molecule has 3 aromatic rings. The van der Waals surface area contributed by atoms with E-state index in [-0.39, 0.29) is 5.69 Å². The number of nitrogens with zero attached hydrogens (tertiary/aromatic N) is 1. The predicted molar refractivity (Wildman–Crippen MR) is 102 cm³/mol. The molecule has 4 nitrogen and oxygen atoms in total. The monoisotopic (exact) mass is 385 g/mol. The molecular weight excluding hydrogens is 367 g/mol. The van der Waals surface area contributed by atoms with E-state index in [1.807, 2.05) is 18.2 Å². The molecule has 7 heteroatoms. The summed E-state index contributed by atoms with van der Waals surface area (Å²) >= 11 is 0. The van der Waals surface area contributed by atoms with Gasteiger partial charge in [-0.1, -0.05) is 12.1 Å². The average Bonchev–Trinajstić information content (AvgIpc) is 2.68. The fraction of sp³-hybridized carbons (Fsp3) is 0.143. The van der Waals surface area contributed by atoms with Crippen LogP contribution in [0.5, 0.6) is 0 Å². The molecule has 0 saturated heterocycles. The van der Waals surface area contributed by atoms with Crippen LogP contribution in [0, 0.1) is 0 Å². The second kappa shape index (κ2) is 8.12. The number of anilines is 2. The number of carbonyl (C=O) groups is 1. The summed E-state index contributed by atoms with van der Waals surface area (Å²) in [5.74, 6) is -0.472. The molecule has 28 heavy (non-hydrogen) atoms. The Morgan fingerprint density at radius 1 is 1.04 bits per heavy atom. The van der Waals surface area contributed by atoms with Gasteiger partial charge in [0.05, 0.1) is 5.56 Å². The predicted octanol–water partition coefficient (Wildman–Crippen LogP) is 4.99. The van der Waals surface area contributed by atoms with Gasteiger partial charge >= 0.3 is 6.18 Å². The van der Waals surface area contributed by atoms with E-state index in [9.17, 15) is 18.0 Å². The molecule has 0 bridgehead atoms. The third-order valence-corrected chi connectivity index (χ3v) is 4.27. The summed E-state index contributed by atoms with van der Waals surface area (Å²) in [6.45, 7) is 0. The molecule has 0 radical (unpaired) electrons. The van der Waals surface area contributed by atoms with Crippen LogP contribution in [0.1, 0.15) is 27.0 Å². The highest BCUT2D eigenvalue weighted by Crippen LogP contribution is 2.31. The van der Waals surface area contributed by atoms with Gasteiger partial charge in [0.15, 0.2) is 0 Å². The fourth-order valence-electron chi connectivity index (χ4n) is 2.90. The van der Waals surface area contributed by atoms with E-state index in [0.717, 1.165) is 28.9 Å². The van der Waals surface area contributed by atoms with E-state index in [4.69, 9.17) is 0 Å². The molecule has 0 saturated carbocycles. The lowest BCUT2D eigenvalue weighted by Gasteiger charge is -2.15. The van der Waals surface area contributed by atoms with Crippen LogP contribution >= 0.6 is 0 Å². The van der Waals surface area contributed by atoms with Gasteiger partial charge in [-0.3, -0.25) is 9.78 Å². The summed E-state index contributed by atoms with van der Waals surface area (Å²) in [6, 6.07) is 13.5. The van der Waals surface area contributed by atoms with Crippen molar-refractivity contribution < 1.29 is 18.0 Å². The molecule has 0 fully saturated rings. The number of benzene rings is 2. The molecule has 0 atom stereocenters. The number of rotatable bonds is 5. The Labute approximate surface area is 160 Å². The lowest BCUT2D eigenvalue weighted by atomic mass is 9.97. The Morgan fingerprint density at radius 2 is 1.75 bits per heavy atom. The number of pyridine rings is 1. The first-order valence-corrected chi connectivity index (χ1v) is 8.55. The maximum absolute atomic E-state index is 12.9. The van der Waals surface area contributed by atoms with E-state index >= 15 is 0 Å². The van der Waals surface area contributed by atoms with Crippen LogP contribution in [-0.4, -0.2) is 17.9 Å². The zero-order valence-corrected chi connectivity index (χ0v) is 15.0. The highest BCUT2D eigenvalue weighted by molar-refractivity contribution is 6.06. The molecule has 2 N–H and O–H groups in total. The second-order valence-electron chi connectivity index (χ2n) is 6.15. The van der Waals surface area contributed by atoms with Gasteiger partial charge in [0.1, 0.15) is 0 Å². The molecule has 0 unspecified atom stereocenters. The number of amides is 1. The molecule has 2 aromatic carbocycles. The largest absolute Gasteiger partial charge is 0.416 e. The summed E-state index contributed by atoms with van der Waals surface area (Å²) in [5.41, 5.74) is 2.15. The van der Waals surface area contributed by atoms with Gasteiger partial charge < -0.3 is 10.6 Å². The van der Waals surface area contributed by atoms with Crippen LogP contribution in [0.15, 0.2) is 67.0 Å². The van der Waals surface area contributed by atoms with E-state index in [0.29, 0.717) is 12.0 Å². The minimum Gasteiger partial charge on any atom is -0.388 e. The smallest absolute Gasteiger partial charge is 0.388 e. The quantitative estimate of drug-likeness (QED) is 0.651. The van der Waals surface area contributed by atoms with Crippen molar-refractivity contribution in [1.29, 1.82) is 0 Å². The van der Waals surface area contributed by atoms with Gasteiger partial charge in [0.25, 0.3) is 5.91 Å². The highest BCUT2D eigenvalue weighted by atomic mass is 19.4. The van der Waals surface area contributed by atoms with Crippen molar-refractivity contribution in [2.24, 2.45) is 0 Å². The molecule has 1 aromatic heterocycles. The standard InChI is InChI=1S/C21H18F3N3O/c1-25-19-7-3-6-17(18(19)12-14-8-10-26-11-9-14)20(28)27-16-5-2-4-15(13-16)21(22,23)24/h2-11,13,25H,12H2,1H3,(H,27,28). The first-order chi connectivity index (χ1) is 13.4. The normalized spacial score (nSPS) is 11.1. The van der Waals surface area contributed by atoms with Crippen LogP contribution < -0.4 is 10.6 Å². The molecule has 1 heterocycles. The lowest BCUT2D eigenvalue weighted by molar-refractivity contribution is -0.137. The Hall–Kier alpha value is -3.35. The van der Waals surface area contributed by atoms with Crippen LogP contribution in [-0.2, 0) is 12.6 Å². The van der Waals surface area contributed by atoms with E-state index < -0.39 is 17.6 Å². The highest BCUT2D eigenvalue weighted by Gasteiger charge is 2.30. The minimum absolute atomic E-state index is 0.0875. The molecule has 144 valence electrons. The molecule has 0 aliphatic rings. The number of halogens is 3. The summed E-state index contributed by atoms with van der Waals surface area (Å²) in [6.07, 6.45) is -0.663. The minimum atomic E-state index is -4.47. The lowest BCUT2D eigenvalue weighted by Crippen LogP contribution is -2.16. The number of aromatic nitrogens is 1. The van der Waals surface area contributed by atoms with Gasteiger partial charge in [-0.2, -0.15) is 13.2 Å². The van der Waals surface area contributed by atoms with Crippen LogP contribution in [0.3, 0.4) is 0 Å².